The maximum absolute atomic E-state index is 4.84. The Balaban J connectivity index is 1.24. The fourth-order valence-electron chi connectivity index (χ4n) is 4.39. The fraction of sp³-hybridized carbons (Fsp3) is 0.292. The van der Waals surface area contributed by atoms with Crippen molar-refractivity contribution in [1.29, 1.82) is 0 Å². The van der Waals surface area contributed by atoms with E-state index in [2.05, 4.69) is 49.4 Å². The van der Waals surface area contributed by atoms with Crippen molar-refractivity contribution in [3.05, 3.63) is 72.1 Å². The molecule has 0 unspecified atom stereocenters. The molecular formula is C24H25N9. The third-order valence-corrected chi connectivity index (χ3v) is 6.25. The quantitative estimate of drug-likeness (QED) is 0.519. The molecule has 0 aromatic carbocycles. The lowest BCUT2D eigenvalue weighted by molar-refractivity contribution is 0.312. The van der Waals surface area contributed by atoms with Crippen molar-refractivity contribution in [1.82, 2.24) is 34.4 Å². The van der Waals surface area contributed by atoms with Gasteiger partial charge in [-0.25, -0.2) is 24.5 Å². The Hall–Kier alpha value is -3.85. The monoisotopic (exact) mass is 439 g/mol. The van der Waals surface area contributed by atoms with Gasteiger partial charge in [-0.2, -0.15) is 5.10 Å². The van der Waals surface area contributed by atoms with Crippen molar-refractivity contribution in [2.45, 2.75) is 12.8 Å². The van der Waals surface area contributed by atoms with E-state index in [1.807, 2.05) is 36.8 Å². The maximum Gasteiger partial charge on any atom is 0.227 e. The molecule has 5 heterocycles. The standard InChI is InChI=1S/C24H25N9/c1-31-11-13-32(14-12-31)23-15-17(5-8-25-23)28-24-26-16-19-18(3-2-4-20(19)30-24)21-7-10-33-22(29-21)6-9-27-33/h3,5-10,15-16H,2,4,11-14H2,1H3,(H,25,26,28,30). The molecule has 1 aliphatic carbocycles. The molecule has 166 valence electrons. The lowest BCUT2D eigenvalue weighted by Crippen LogP contribution is -2.44. The molecule has 0 atom stereocenters. The molecule has 0 saturated carbocycles. The summed E-state index contributed by atoms with van der Waals surface area (Å²) in [5.41, 5.74) is 5.84. The predicted octanol–water partition coefficient (Wildman–Crippen LogP) is 2.79. The Morgan fingerprint density at radius 2 is 1.88 bits per heavy atom. The van der Waals surface area contributed by atoms with Crippen LogP contribution in [0.4, 0.5) is 17.5 Å². The van der Waals surface area contributed by atoms with Gasteiger partial charge in [0.05, 0.1) is 17.6 Å². The van der Waals surface area contributed by atoms with E-state index in [0.717, 1.165) is 78.7 Å². The minimum absolute atomic E-state index is 0.602. The number of anilines is 3. The zero-order valence-electron chi connectivity index (χ0n) is 18.5. The summed E-state index contributed by atoms with van der Waals surface area (Å²) in [6, 6.07) is 7.93. The van der Waals surface area contributed by atoms with Gasteiger partial charge in [-0.15, -0.1) is 0 Å². The Morgan fingerprint density at radius 1 is 0.970 bits per heavy atom. The molecule has 0 amide bonds. The Labute approximate surface area is 191 Å². The number of nitrogens with zero attached hydrogens (tertiary/aromatic N) is 8. The smallest absolute Gasteiger partial charge is 0.227 e. The highest BCUT2D eigenvalue weighted by Gasteiger charge is 2.19. The average molecular weight is 440 g/mol. The van der Waals surface area contributed by atoms with Crippen LogP contribution in [0.5, 0.6) is 0 Å². The van der Waals surface area contributed by atoms with Gasteiger partial charge >= 0.3 is 0 Å². The molecule has 1 fully saturated rings. The highest BCUT2D eigenvalue weighted by Crippen LogP contribution is 2.30. The van der Waals surface area contributed by atoms with Gasteiger partial charge < -0.3 is 15.1 Å². The van der Waals surface area contributed by atoms with E-state index in [-0.39, 0.29) is 0 Å². The number of hydrogen-bond donors (Lipinski definition) is 1. The molecule has 33 heavy (non-hydrogen) atoms. The zero-order chi connectivity index (χ0) is 22.2. The molecule has 9 heteroatoms. The van der Waals surface area contributed by atoms with E-state index >= 15 is 0 Å². The van der Waals surface area contributed by atoms with Gasteiger partial charge in [-0.3, -0.25) is 0 Å². The van der Waals surface area contributed by atoms with Gasteiger partial charge in [0.25, 0.3) is 0 Å². The van der Waals surface area contributed by atoms with E-state index in [4.69, 9.17) is 9.97 Å². The molecule has 1 aliphatic heterocycles. The Bertz CT molecular complexity index is 1330. The van der Waals surface area contributed by atoms with Crippen LogP contribution in [-0.2, 0) is 6.42 Å². The van der Waals surface area contributed by atoms with Crippen molar-refractivity contribution < 1.29 is 0 Å². The summed E-state index contributed by atoms with van der Waals surface area (Å²) in [4.78, 5) is 23.4. The second-order valence-electron chi connectivity index (χ2n) is 8.48. The maximum atomic E-state index is 4.84. The van der Waals surface area contributed by atoms with Crippen LogP contribution in [0.2, 0.25) is 0 Å². The lowest BCUT2D eigenvalue weighted by Gasteiger charge is -2.33. The number of allylic oxidation sites excluding steroid dienone is 1. The first-order chi connectivity index (χ1) is 16.2. The van der Waals surface area contributed by atoms with E-state index in [9.17, 15) is 0 Å². The average Bonchev–Trinajstić information content (AvgIpc) is 3.32. The van der Waals surface area contributed by atoms with Crippen LogP contribution in [0, 0.1) is 0 Å². The van der Waals surface area contributed by atoms with E-state index in [1.165, 1.54) is 0 Å². The Morgan fingerprint density at radius 3 is 2.79 bits per heavy atom. The summed E-state index contributed by atoms with van der Waals surface area (Å²) >= 11 is 0. The van der Waals surface area contributed by atoms with Gasteiger partial charge in [0, 0.05) is 73.7 Å². The molecule has 2 aliphatic rings. The number of pyridine rings is 1. The molecule has 0 spiro atoms. The molecule has 6 rings (SSSR count). The minimum atomic E-state index is 0.602. The molecule has 1 N–H and O–H groups in total. The molecule has 0 radical (unpaired) electrons. The van der Waals surface area contributed by atoms with Gasteiger partial charge in [-0.05, 0) is 32.0 Å². The molecular weight excluding hydrogens is 414 g/mol. The van der Waals surface area contributed by atoms with Crippen LogP contribution in [0.15, 0.2) is 55.1 Å². The largest absolute Gasteiger partial charge is 0.354 e. The first-order valence-corrected chi connectivity index (χ1v) is 11.3. The predicted molar refractivity (Wildman–Crippen MR) is 128 cm³/mol. The molecule has 4 aromatic rings. The number of fused-ring (bicyclic) bond motifs is 2. The van der Waals surface area contributed by atoms with Crippen LogP contribution < -0.4 is 10.2 Å². The van der Waals surface area contributed by atoms with Crippen molar-refractivity contribution >= 4 is 28.7 Å². The van der Waals surface area contributed by atoms with E-state index in [1.54, 1.807) is 10.7 Å². The molecule has 9 nitrogen and oxygen atoms in total. The zero-order valence-corrected chi connectivity index (χ0v) is 18.5. The number of rotatable bonds is 4. The van der Waals surface area contributed by atoms with E-state index < -0.39 is 0 Å². The van der Waals surface area contributed by atoms with Gasteiger partial charge in [0.15, 0.2) is 5.65 Å². The first kappa shape index (κ1) is 19.8. The number of aromatic nitrogens is 6. The van der Waals surface area contributed by atoms with Crippen LogP contribution in [0.3, 0.4) is 0 Å². The summed E-state index contributed by atoms with van der Waals surface area (Å²) in [6.45, 7) is 4.06. The summed E-state index contributed by atoms with van der Waals surface area (Å²) in [6.07, 6.45) is 11.5. The van der Waals surface area contributed by atoms with E-state index in [0.29, 0.717) is 5.95 Å². The minimum Gasteiger partial charge on any atom is -0.354 e. The third kappa shape index (κ3) is 3.91. The van der Waals surface area contributed by atoms with Crippen molar-refractivity contribution in [3.63, 3.8) is 0 Å². The molecule has 1 saturated heterocycles. The molecule has 4 aromatic heterocycles. The normalized spacial score (nSPS) is 16.5. The van der Waals surface area contributed by atoms with Gasteiger partial charge in [0.1, 0.15) is 5.82 Å². The van der Waals surface area contributed by atoms with Crippen molar-refractivity contribution in [2.24, 2.45) is 0 Å². The lowest BCUT2D eigenvalue weighted by atomic mass is 9.94. The van der Waals surface area contributed by atoms with Crippen molar-refractivity contribution in [2.75, 3.05) is 43.4 Å². The Kier molecular flexibility index (Phi) is 4.95. The number of hydrogen-bond acceptors (Lipinski definition) is 8. The third-order valence-electron chi connectivity index (χ3n) is 6.25. The molecule has 0 bridgehead atoms. The first-order valence-electron chi connectivity index (χ1n) is 11.3. The fourth-order valence-corrected chi connectivity index (χ4v) is 4.39. The number of piperazine rings is 1. The van der Waals surface area contributed by atoms with Crippen LogP contribution >= 0.6 is 0 Å². The van der Waals surface area contributed by atoms with Gasteiger partial charge in [-0.1, -0.05) is 6.08 Å². The summed E-state index contributed by atoms with van der Waals surface area (Å²) in [5, 5.41) is 7.60. The second-order valence-corrected chi connectivity index (χ2v) is 8.48. The topological polar surface area (TPSA) is 87.4 Å². The SMILES string of the molecule is CN1CCN(c2cc(Nc3ncc4c(n3)CCC=C4c3ccn4nccc4n3)ccn2)CC1. The highest BCUT2D eigenvalue weighted by molar-refractivity contribution is 5.80. The van der Waals surface area contributed by atoms with Crippen LogP contribution in [0.25, 0.3) is 11.2 Å². The second kappa shape index (κ2) is 8.25. The summed E-state index contributed by atoms with van der Waals surface area (Å²) < 4.78 is 1.77. The number of aryl methyl sites for hydroxylation is 1. The van der Waals surface area contributed by atoms with Crippen LogP contribution in [-0.4, -0.2) is 67.7 Å². The summed E-state index contributed by atoms with van der Waals surface area (Å²) in [7, 11) is 2.16. The number of nitrogens with one attached hydrogen (secondary N) is 1. The summed E-state index contributed by atoms with van der Waals surface area (Å²) in [5.74, 6) is 1.59. The van der Waals surface area contributed by atoms with Gasteiger partial charge in [0.2, 0.25) is 5.95 Å². The highest BCUT2D eigenvalue weighted by atomic mass is 15.3. The number of likely N-dealkylation sites (N-methyl/N-ethyl adjacent to an activating group) is 1. The van der Waals surface area contributed by atoms with Crippen molar-refractivity contribution in [3.8, 4) is 0 Å². The van der Waals surface area contributed by atoms with Crippen LogP contribution in [0.1, 0.15) is 23.4 Å².